The number of ketones is 1. The summed E-state index contributed by atoms with van der Waals surface area (Å²) in [5.74, 6) is 0.436. The molecule has 0 unspecified atom stereocenters. The lowest BCUT2D eigenvalue weighted by Crippen LogP contribution is -2.02. The molecule has 3 heteroatoms. The molecule has 0 aromatic heterocycles. The maximum atomic E-state index is 11.8. The molecule has 2 rings (SSSR count). The van der Waals surface area contributed by atoms with Crippen molar-refractivity contribution < 1.29 is 9.90 Å². The number of nitrogens with one attached hydrogen (secondary N) is 1. The zero-order valence-corrected chi connectivity index (χ0v) is 10.7. The molecule has 0 heterocycles. The largest absolute Gasteiger partial charge is 0.506 e. The minimum absolute atomic E-state index is 0.207. The summed E-state index contributed by atoms with van der Waals surface area (Å²) >= 11 is 0. The molecule has 1 aliphatic carbocycles. The van der Waals surface area contributed by atoms with Crippen molar-refractivity contribution in [1.29, 1.82) is 0 Å². The van der Waals surface area contributed by atoms with Crippen LogP contribution in [0, 0.1) is 6.92 Å². The summed E-state index contributed by atoms with van der Waals surface area (Å²) in [6.45, 7) is 1.97. The molecule has 1 aromatic carbocycles. The van der Waals surface area contributed by atoms with Crippen LogP contribution in [-0.4, -0.2) is 10.9 Å². The lowest BCUT2D eigenvalue weighted by Gasteiger charge is -2.07. The maximum Gasteiger partial charge on any atom is 0.160 e. The van der Waals surface area contributed by atoms with Crippen LogP contribution in [0.3, 0.4) is 0 Å². The van der Waals surface area contributed by atoms with Crippen molar-refractivity contribution in [3.8, 4) is 5.75 Å². The fourth-order valence-corrected chi connectivity index (χ4v) is 2.16. The molecule has 0 radical (unpaired) electrons. The SMILES string of the molecule is Cc1ccc(O)c(NC=C2CCCCCC2=O)c1. The Kier molecular flexibility index (Phi) is 4.03. The lowest BCUT2D eigenvalue weighted by molar-refractivity contribution is -0.115. The number of hydrogen-bond acceptors (Lipinski definition) is 3. The summed E-state index contributed by atoms with van der Waals surface area (Å²) < 4.78 is 0. The van der Waals surface area contributed by atoms with Crippen molar-refractivity contribution in [3.63, 3.8) is 0 Å². The molecule has 18 heavy (non-hydrogen) atoms. The van der Waals surface area contributed by atoms with Crippen molar-refractivity contribution >= 4 is 11.5 Å². The summed E-state index contributed by atoms with van der Waals surface area (Å²) in [7, 11) is 0. The predicted molar refractivity (Wildman–Crippen MR) is 72.6 cm³/mol. The van der Waals surface area contributed by atoms with Gasteiger partial charge >= 0.3 is 0 Å². The minimum Gasteiger partial charge on any atom is -0.506 e. The van der Waals surface area contributed by atoms with Gasteiger partial charge in [-0.2, -0.15) is 0 Å². The molecule has 96 valence electrons. The number of rotatable bonds is 2. The molecule has 1 aliphatic rings. The van der Waals surface area contributed by atoms with Gasteiger partial charge in [-0.3, -0.25) is 4.79 Å². The van der Waals surface area contributed by atoms with Gasteiger partial charge in [0.2, 0.25) is 0 Å². The number of aromatic hydroxyl groups is 1. The molecule has 0 saturated heterocycles. The van der Waals surface area contributed by atoms with Gasteiger partial charge in [0.1, 0.15) is 5.75 Å². The normalized spacial score (nSPS) is 18.7. The quantitative estimate of drug-likeness (QED) is 0.476. The van der Waals surface area contributed by atoms with Gasteiger partial charge in [0.05, 0.1) is 5.69 Å². The average Bonchev–Trinajstić information content (AvgIpc) is 2.55. The van der Waals surface area contributed by atoms with E-state index in [2.05, 4.69) is 5.32 Å². The van der Waals surface area contributed by atoms with E-state index in [1.54, 1.807) is 12.3 Å². The molecule has 3 nitrogen and oxygen atoms in total. The molecular formula is C15H19NO2. The Balaban J connectivity index is 2.13. The molecule has 0 amide bonds. The number of carbonyl (C=O) groups excluding carboxylic acids is 1. The number of carbonyl (C=O) groups is 1. The van der Waals surface area contributed by atoms with Gasteiger partial charge < -0.3 is 10.4 Å². The van der Waals surface area contributed by atoms with E-state index in [-0.39, 0.29) is 11.5 Å². The van der Waals surface area contributed by atoms with Gasteiger partial charge in [0.15, 0.2) is 5.78 Å². The average molecular weight is 245 g/mol. The highest BCUT2D eigenvalue weighted by Gasteiger charge is 2.13. The zero-order chi connectivity index (χ0) is 13.0. The Morgan fingerprint density at radius 2 is 2.00 bits per heavy atom. The molecule has 1 aromatic rings. The van der Waals surface area contributed by atoms with E-state index < -0.39 is 0 Å². The van der Waals surface area contributed by atoms with Gasteiger partial charge in [-0.05, 0) is 43.9 Å². The van der Waals surface area contributed by atoms with E-state index in [4.69, 9.17) is 0 Å². The van der Waals surface area contributed by atoms with Crippen LogP contribution in [0.1, 0.15) is 37.7 Å². The first-order valence-corrected chi connectivity index (χ1v) is 6.45. The summed E-state index contributed by atoms with van der Waals surface area (Å²) in [5, 5.41) is 12.8. The Hall–Kier alpha value is -1.77. The van der Waals surface area contributed by atoms with E-state index in [0.29, 0.717) is 12.1 Å². The van der Waals surface area contributed by atoms with E-state index in [1.165, 1.54) is 0 Å². The molecular weight excluding hydrogens is 226 g/mol. The number of Topliss-reactive ketones (excluding diaryl/α,β-unsaturated/α-hetero) is 1. The van der Waals surface area contributed by atoms with Gasteiger partial charge in [0, 0.05) is 18.2 Å². The Bertz CT molecular complexity index is 477. The Labute approximate surface area is 108 Å². The van der Waals surface area contributed by atoms with Gasteiger partial charge in [-0.15, -0.1) is 0 Å². The standard InChI is InChI=1S/C15H19NO2/c1-11-7-8-15(18)13(9-11)16-10-12-5-3-2-4-6-14(12)17/h7-10,16,18H,2-6H2,1H3. The summed E-state index contributed by atoms with van der Waals surface area (Å²) in [5.41, 5.74) is 2.56. The molecule has 0 bridgehead atoms. The summed E-state index contributed by atoms with van der Waals surface area (Å²) in [6, 6.07) is 5.38. The topological polar surface area (TPSA) is 49.3 Å². The number of benzene rings is 1. The number of anilines is 1. The van der Waals surface area contributed by atoms with Crippen molar-refractivity contribution in [2.75, 3.05) is 5.32 Å². The monoisotopic (exact) mass is 245 g/mol. The second-order valence-corrected chi connectivity index (χ2v) is 4.82. The Morgan fingerprint density at radius 3 is 2.83 bits per heavy atom. The van der Waals surface area contributed by atoms with Crippen molar-refractivity contribution in [3.05, 3.63) is 35.5 Å². The number of allylic oxidation sites excluding steroid dienone is 1. The molecule has 0 atom stereocenters. The first-order valence-electron chi connectivity index (χ1n) is 6.45. The van der Waals surface area contributed by atoms with Gasteiger partial charge in [-0.1, -0.05) is 12.5 Å². The van der Waals surface area contributed by atoms with E-state index >= 15 is 0 Å². The highest BCUT2D eigenvalue weighted by atomic mass is 16.3. The van der Waals surface area contributed by atoms with Crippen molar-refractivity contribution in [2.45, 2.75) is 39.0 Å². The van der Waals surface area contributed by atoms with Crippen LogP contribution in [0.4, 0.5) is 5.69 Å². The molecule has 1 fully saturated rings. The molecule has 0 spiro atoms. The molecule has 0 aliphatic heterocycles. The second kappa shape index (κ2) is 5.71. The predicted octanol–water partition coefficient (Wildman–Crippen LogP) is 3.53. The fourth-order valence-electron chi connectivity index (χ4n) is 2.16. The van der Waals surface area contributed by atoms with Crippen LogP contribution in [0.25, 0.3) is 0 Å². The number of aryl methyl sites for hydroxylation is 1. The smallest absolute Gasteiger partial charge is 0.160 e. The first kappa shape index (κ1) is 12.7. The fraction of sp³-hybridized carbons (Fsp3) is 0.400. The van der Waals surface area contributed by atoms with Crippen LogP contribution in [0.15, 0.2) is 30.0 Å². The molecule has 2 N–H and O–H groups in total. The third-order valence-corrected chi connectivity index (χ3v) is 3.26. The summed E-state index contributed by atoms with van der Waals surface area (Å²) in [6.07, 6.45) is 6.41. The molecule has 1 saturated carbocycles. The van der Waals surface area contributed by atoms with E-state index in [1.807, 2.05) is 19.1 Å². The van der Waals surface area contributed by atoms with Crippen LogP contribution in [0.2, 0.25) is 0 Å². The van der Waals surface area contributed by atoms with Gasteiger partial charge in [-0.25, -0.2) is 0 Å². The highest BCUT2D eigenvalue weighted by Crippen LogP contribution is 2.25. The Morgan fingerprint density at radius 1 is 1.22 bits per heavy atom. The number of phenols is 1. The van der Waals surface area contributed by atoms with Crippen LogP contribution >= 0.6 is 0 Å². The van der Waals surface area contributed by atoms with Crippen LogP contribution in [0.5, 0.6) is 5.75 Å². The maximum absolute atomic E-state index is 11.8. The van der Waals surface area contributed by atoms with Crippen molar-refractivity contribution in [1.82, 2.24) is 0 Å². The highest BCUT2D eigenvalue weighted by molar-refractivity contribution is 5.95. The third kappa shape index (κ3) is 3.13. The van der Waals surface area contributed by atoms with E-state index in [0.717, 1.165) is 36.8 Å². The van der Waals surface area contributed by atoms with Gasteiger partial charge in [0.25, 0.3) is 0 Å². The second-order valence-electron chi connectivity index (χ2n) is 4.82. The minimum atomic E-state index is 0.207. The third-order valence-electron chi connectivity index (χ3n) is 3.26. The summed E-state index contributed by atoms with van der Waals surface area (Å²) in [4.78, 5) is 11.8. The van der Waals surface area contributed by atoms with E-state index in [9.17, 15) is 9.90 Å². The van der Waals surface area contributed by atoms with Crippen LogP contribution < -0.4 is 5.32 Å². The lowest BCUT2D eigenvalue weighted by atomic mass is 10.1. The number of hydrogen-bond donors (Lipinski definition) is 2. The zero-order valence-electron chi connectivity index (χ0n) is 10.7. The van der Waals surface area contributed by atoms with Crippen molar-refractivity contribution in [2.24, 2.45) is 0 Å². The van der Waals surface area contributed by atoms with Crippen LogP contribution in [-0.2, 0) is 4.79 Å². The number of phenolic OH excluding ortho intramolecular Hbond substituents is 1. The first-order chi connectivity index (χ1) is 8.66.